The third kappa shape index (κ3) is 2.73. The van der Waals surface area contributed by atoms with Gasteiger partial charge in [0.05, 0.1) is 10.9 Å². The molecule has 0 aliphatic carbocycles. The SMILES string of the molecule is CCCNC(=O)Cn1c(=O)[nH]c2ccccc2c1=O. The van der Waals surface area contributed by atoms with Gasteiger partial charge in [-0.25, -0.2) is 4.79 Å². The minimum atomic E-state index is -0.574. The summed E-state index contributed by atoms with van der Waals surface area (Å²) in [6.07, 6.45) is 0.800. The van der Waals surface area contributed by atoms with E-state index in [4.69, 9.17) is 0 Å². The smallest absolute Gasteiger partial charge is 0.329 e. The zero-order valence-corrected chi connectivity index (χ0v) is 10.6. The van der Waals surface area contributed by atoms with Crippen molar-refractivity contribution in [2.75, 3.05) is 6.54 Å². The fourth-order valence-corrected chi connectivity index (χ4v) is 1.81. The minimum Gasteiger partial charge on any atom is -0.355 e. The molecule has 2 rings (SSSR count). The van der Waals surface area contributed by atoms with Gasteiger partial charge >= 0.3 is 5.69 Å². The molecule has 0 saturated heterocycles. The Kier molecular flexibility index (Phi) is 3.79. The van der Waals surface area contributed by atoms with E-state index in [1.807, 2.05) is 6.92 Å². The molecule has 0 saturated carbocycles. The van der Waals surface area contributed by atoms with Gasteiger partial charge in [0.2, 0.25) is 5.91 Å². The lowest BCUT2D eigenvalue weighted by molar-refractivity contribution is -0.121. The highest BCUT2D eigenvalue weighted by molar-refractivity contribution is 5.78. The van der Waals surface area contributed by atoms with Gasteiger partial charge in [0, 0.05) is 6.54 Å². The van der Waals surface area contributed by atoms with Crippen molar-refractivity contribution in [1.29, 1.82) is 0 Å². The highest BCUT2D eigenvalue weighted by atomic mass is 16.2. The number of nitrogens with one attached hydrogen (secondary N) is 2. The second kappa shape index (κ2) is 5.51. The Balaban J connectivity index is 2.41. The molecule has 0 spiro atoms. The largest absolute Gasteiger partial charge is 0.355 e. The lowest BCUT2D eigenvalue weighted by atomic mass is 10.2. The van der Waals surface area contributed by atoms with E-state index in [9.17, 15) is 14.4 Å². The monoisotopic (exact) mass is 261 g/mol. The van der Waals surface area contributed by atoms with Gasteiger partial charge in [-0.3, -0.25) is 14.2 Å². The van der Waals surface area contributed by atoms with Gasteiger partial charge in [-0.2, -0.15) is 0 Å². The maximum atomic E-state index is 12.1. The number of para-hydroxylation sites is 1. The number of hydrogen-bond acceptors (Lipinski definition) is 3. The van der Waals surface area contributed by atoms with Crippen LogP contribution in [-0.2, 0) is 11.3 Å². The Morgan fingerprint density at radius 1 is 1.32 bits per heavy atom. The summed E-state index contributed by atoms with van der Waals surface area (Å²) in [5.41, 5.74) is -0.552. The fraction of sp³-hybridized carbons (Fsp3) is 0.308. The third-order valence-corrected chi connectivity index (χ3v) is 2.76. The van der Waals surface area contributed by atoms with Crippen molar-refractivity contribution in [2.45, 2.75) is 19.9 Å². The molecule has 100 valence electrons. The van der Waals surface area contributed by atoms with E-state index in [0.717, 1.165) is 11.0 Å². The normalized spacial score (nSPS) is 10.6. The van der Waals surface area contributed by atoms with E-state index in [1.54, 1.807) is 24.3 Å². The number of rotatable bonds is 4. The Labute approximate surface area is 109 Å². The van der Waals surface area contributed by atoms with Crippen molar-refractivity contribution in [3.63, 3.8) is 0 Å². The summed E-state index contributed by atoms with van der Waals surface area (Å²) in [6.45, 7) is 2.19. The molecule has 1 amide bonds. The fourth-order valence-electron chi connectivity index (χ4n) is 1.81. The summed E-state index contributed by atoms with van der Waals surface area (Å²) in [6, 6.07) is 6.72. The molecule has 0 bridgehead atoms. The number of hydrogen-bond donors (Lipinski definition) is 2. The predicted octanol–water partition coefficient (Wildman–Crippen LogP) is 0.216. The Morgan fingerprint density at radius 2 is 2.05 bits per heavy atom. The van der Waals surface area contributed by atoms with Crippen LogP contribution in [-0.4, -0.2) is 22.0 Å². The molecule has 2 N–H and O–H groups in total. The second-order valence-electron chi connectivity index (χ2n) is 4.22. The maximum Gasteiger partial charge on any atom is 0.329 e. The predicted molar refractivity (Wildman–Crippen MR) is 72.1 cm³/mol. The first-order valence-corrected chi connectivity index (χ1v) is 6.12. The number of carbonyl (C=O) groups is 1. The first-order chi connectivity index (χ1) is 9.13. The van der Waals surface area contributed by atoms with Crippen molar-refractivity contribution < 1.29 is 4.79 Å². The van der Waals surface area contributed by atoms with Gasteiger partial charge in [0.1, 0.15) is 6.54 Å². The van der Waals surface area contributed by atoms with Crippen LogP contribution in [0.15, 0.2) is 33.9 Å². The maximum absolute atomic E-state index is 12.1. The van der Waals surface area contributed by atoms with Crippen LogP contribution in [0.2, 0.25) is 0 Å². The van der Waals surface area contributed by atoms with Gasteiger partial charge in [0.15, 0.2) is 0 Å². The minimum absolute atomic E-state index is 0.265. The van der Waals surface area contributed by atoms with E-state index in [-0.39, 0.29) is 12.5 Å². The molecule has 0 fully saturated rings. The molecular formula is C13H15N3O3. The molecule has 1 aromatic heterocycles. The van der Waals surface area contributed by atoms with E-state index in [2.05, 4.69) is 10.3 Å². The summed E-state index contributed by atoms with van der Waals surface area (Å²) < 4.78 is 0.910. The molecule has 0 atom stereocenters. The zero-order valence-electron chi connectivity index (χ0n) is 10.6. The number of nitrogens with zero attached hydrogens (tertiary/aromatic N) is 1. The molecule has 6 nitrogen and oxygen atoms in total. The molecule has 0 aliphatic rings. The van der Waals surface area contributed by atoms with Crippen molar-refractivity contribution in [3.8, 4) is 0 Å². The summed E-state index contributed by atoms with van der Waals surface area (Å²) in [5.74, 6) is -0.343. The first-order valence-electron chi connectivity index (χ1n) is 6.12. The Bertz CT molecular complexity index is 715. The quantitative estimate of drug-likeness (QED) is 0.825. The summed E-state index contributed by atoms with van der Waals surface area (Å²) >= 11 is 0. The summed E-state index contributed by atoms with van der Waals surface area (Å²) in [4.78, 5) is 38.1. The third-order valence-electron chi connectivity index (χ3n) is 2.76. The van der Waals surface area contributed by atoms with Crippen LogP contribution in [0.1, 0.15) is 13.3 Å². The molecule has 1 heterocycles. The van der Waals surface area contributed by atoms with Gasteiger partial charge in [0.25, 0.3) is 5.56 Å². The second-order valence-corrected chi connectivity index (χ2v) is 4.22. The number of aromatic amines is 1. The van der Waals surface area contributed by atoms with Crippen LogP contribution in [0.3, 0.4) is 0 Å². The van der Waals surface area contributed by atoms with E-state index in [1.165, 1.54) is 0 Å². The number of amides is 1. The molecule has 0 radical (unpaired) electrons. The highest BCUT2D eigenvalue weighted by Gasteiger charge is 2.10. The molecule has 19 heavy (non-hydrogen) atoms. The van der Waals surface area contributed by atoms with Crippen molar-refractivity contribution >= 4 is 16.8 Å². The van der Waals surface area contributed by atoms with Crippen LogP contribution in [0.25, 0.3) is 10.9 Å². The standard InChI is InChI=1S/C13H15N3O3/c1-2-7-14-11(17)8-16-12(18)9-5-3-4-6-10(9)15-13(16)19/h3-6H,2,7-8H2,1H3,(H,14,17)(H,15,19). The van der Waals surface area contributed by atoms with Gasteiger partial charge in [-0.1, -0.05) is 19.1 Å². The van der Waals surface area contributed by atoms with Crippen molar-refractivity contribution in [2.24, 2.45) is 0 Å². The molecule has 6 heteroatoms. The van der Waals surface area contributed by atoms with Gasteiger partial charge < -0.3 is 10.3 Å². The number of aromatic nitrogens is 2. The number of carbonyl (C=O) groups excluding carboxylic acids is 1. The van der Waals surface area contributed by atoms with Crippen LogP contribution >= 0.6 is 0 Å². The van der Waals surface area contributed by atoms with E-state index < -0.39 is 11.2 Å². The molecule has 2 aromatic rings. The lowest BCUT2D eigenvalue weighted by Gasteiger charge is -2.06. The number of fused-ring (bicyclic) bond motifs is 1. The first kappa shape index (κ1) is 13.1. The van der Waals surface area contributed by atoms with Gasteiger partial charge in [-0.05, 0) is 18.6 Å². The number of H-pyrrole nitrogens is 1. The summed E-state index contributed by atoms with van der Waals surface area (Å²) in [5, 5.41) is 3.03. The zero-order chi connectivity index (χ0) is 13.8. The molecular weight excluding hydrogens is 246 g/mol. The van der Waals surface area contributed by atoms with Gasteiger partial charge in [-0.15, -0.1) is 0 Å². The topological polar surface area (TPSA) is 84.0 Å². The van der Waals surface area contributed by atoms with Crippen LogP contribution in [0.5, 0.6) is 0 Å². The molecule has 0 aliphatic heterocycles. The van der Waals surface area contributed by atoms with E-state index in [0.29, 0.717) is 17.4 Å². The van der Waals surface area contributed by atoms with Crippen molar-refractivity contribution in [1.82, 2.24) is 14.9 Å². The average molecular weight is 261 g/mol. The van der Waals surface area contributed by atoms with Crippen molar-refractivity contribution in [3.05, 3.63) is 45.1 Å². The number of benzene rings is 1. The Hall–Kier alpha value is -2.37. The van der Waals surface area contributed by atoms with Crippen LogP contribution in [0, 0.1) is 0 Å². The average Bonchev–Trinajstić information content (AvgIpc) is 2.41. The van der Waals surface area contributed by atoms with Crippen LogP contribution < -0.4 is 16.6 Å². The molecule has 0 unspecified atom stereocenters. The molecule has 1 aromatic carbocycles. The highest BCUT2D eigenvalue weighted by Crippen LogP contribution is 2.02. The van der Waals surface area contributed by atoms with Crippen LogP contribution in [0.4, 0.5) is 0 Å². The lowest BCUT2D eigenvalue weighted by Crippen LogP contribution is -2.40. The summed E-state index contributed by atoms with van der Waals surface area (Å²) in [7, 11) is 0. The Morgan fingerprint density at radius 3 is 2.79 bits per heavy atom. The van der Waals surface area contributed by atoms with E-state index >= 15 is 0 Å².